The minimum Gasteiger partial charge on any atom is -0.497 e. The van der Waals surface area contributed by atoms with Crippen molar-refractivity contribution in [2.45, 2.75) is 6.92 Å². The number of benzene rings is 2. The predicted octanol–water partition coefficient (Wildman–Crippen LogP) is 3.84. The van der Waals surface area contributed by atoms with Gasteiger partial charge in [0.05, 0.1) is 35.7 Å². The predicted molar refractivity (Wildman–Crippen MR) is 114 cm³/mol. The Morgan fingerprint density at radius 1 is 1.07 bits per heavy atom. The Bertz CT molecular complexity index is 1260. The van der Waals surface area contributed by atoms with Crippen LogP contribution in [0.3, 0.4) is 0 Å². The van der Waals surface area contributed by atoms with E-state index in [0.29, 0.717) is 22.1 Å². The molecule has 0 aliphatic rings. The molecule has 0 saturated heterocycles. The van der Waals surface area contributed by atoms with Gasteiger partial charge in [0.2, 0.25) is 5.13 Å². The van der Waals surface area contributed by atoms with Crippen molar-refractivity contribution in [3.63, 3.8) is 0 Å². The van der Waals surface area contributed by atoms with Crippen molar-refractivity contribution in [3.05, 3.63) is 65.4 Å². The molecule has 0 spiro atoms. The number of aromatic nitrogens is 3. The van der Waals surface area contributed by atoms with Crippen molar-refractivity contribution < 1.29 is 19.1 Å². The van der Waals surface area contributed by atoms with Crippen LogP contribution >= 0.6 is 11.3 Å². The third-order valence-electron chi connectivity index (χ3n) is 4.38. The zero-order valence-corrected chi connectivity index (χ0v) is 17.3. The number of carbonyl (C=O) groups excluding carboxylic acids is 2. The molecule has 9 heteroatoms. The fraction of sp³-hybridized carbons (Fsp3) is 0.143. The van der Waals surface area contributed by atoms with E-state index in [-0.39, 0.29) is 5.91 Å². The molecule has 2 aromatic heterocycles. The zero-order chi connectivity index (χ0) is 21.3. The van der Waals surface area contributed by atoms with Crippen LogP contribution in [0.1, 0.15) is 26.4 Å². The number of rotatable bonds is 5. The summed E-state index contributed by atoms with van der Waals surface area (Å²) in [4.78, 5) is 29.1. The molecule has 8 nitrogen and oxygen atoms in total. The lowest BCUT2D eigenvalue weighted by Crippen LogP contribution is -2.16. The van der Waals surface area contributed by atoms with Crippen molar-refractivity contribution in [2.24, 2.45) is 0 Å². The summed E-state index contributed by atoms with van der Waals surface area (Å²) in [7, 11) is 2.91. The molecule has 2 aromatic carbocycles. The second-order valence-electron chi connectivity index (χ2n) is 6.44. The minimum absolute atomic E-state index is 0.301. The van der Waals surface area contributed by atoms with E-state index in [0.717, 1.165) is 21.7 Å². The van der Waals surface area contributed by atoms with E-state index in [2.05, 4.69) is 15.4 Å². The molecule has 0 radical (unpaired) electrons. The van der Waals surface area contributed by atoms with Crippen LogP contribution < -0.4 is 10.1 Å². The standard InChI is InChI=1S/C21H18N4O4S/c1-12-9-18(23-19(26)13-5-4-6-14(10-13)20(27)29-3)25(24-12)21-22-16-8-7-15(28-2)11-17(16)30-21/h4-11H,1-3H3,(H,23,26). The van der Waals surface area contributed by atoms with Crippen LogP contribution in [0.2, 0.25) is 0 Å². The first-order valence-corrected chi connectivity index (χ1v) is 9.81. The van der Waals surface area contributed by atoms with Crippen molar-refractivity contribution in [3.8, 4) is 10.9 Å². The van der Waals surface area contributed by atoms with Crippen molar-refractivity contribution in [1.29, 1.82) is 0 Å². The number of thiazole rings is 1. The van der Waals surface area contributed by atoms with Crippen LogP contribution in [0.5, 0.6) is 5.75 Å². The monoisotopic (exact) mass is 422 g/mol. The molecule has 0 aliphatic heterocycles. The van der Waals surface area contributed by atoms with Gasteiger partial charge in [-0.25, -0.2) is 9.78 Å². The number of ether oxygens (including phenoxy) is 2. The Kier molecular flexibility index (Phi) is 5.20. The number of hydrogen-bond donors (Lipinski definition) is 1. The third-order valence-corrected chi connectivity index (χ3v) is 5.38. The number of fused-ring (bicyclic) bond motifs is 1. The highest BCUT2D eigenvalue weighted by molar-refractivity contribution is 7.20. The molecule has 4 aromatic rings. The molecule has 30 heavy (non-hydrogen) atoms. The van der Waals surface area contributed by atoms with Crippen LogP contribution in [-0.2, 0) is 4.74 Å². The second-order valence-corrected chi connectivity index (χ2v) is 7.45. The molecule has 1 N–H and O–H groups in total. The van der Waals surface area contributed by atoms with Crippen LogP contribution in [-0.4, -0.2) is 40.9 Å². The van der Waals surface area contributed by atoms with Gasteiger partial charge in [-0.15, -0.1) is 0 Å². The summed E-state index contributed by atoms with van der Waals surface area (Å²) in [5, 5.41) is 7.93. The van der Waals surface area contributed by atoms with Gasteiger partial charge in [0, 0.05) is 11.6 Å². The Labute approximate surface area is 176 Å². The summed E-state index contributed by atoms with van der Waals surface area (Å²) in [6, 6.07) is 13.7. The lowest BCUT2D eigenvalue weighted by atomic mass is 10.1. The topological polar surface area (TPSA) is 95.3 Å². The average molecular weight is 422 g/mol. The first kappa shape index (κ1) is 19.6. The molecule has 0 saturated carbocycles. The summed E-state index contributed by atoms with van der Waals surface area (Å²) < 4.78 is 12.5. The van der Waals surface area contributed by atoms with E-state index in [9.17, 15) is 9.59 Å². The van der Waals surface area contributed by atoms with Gasteiger partial charge in [-0.05, 0) is 43.3 Å². The second kappa shape index (κ2) is 7.96. The molecule has 0 atom stereocenters. The number of carbonyl (C=O) groups is 2. The molecule has 0 aliphatic carbocycles. The quantitative estimate of drug-likeness (QED) is 0.491. The van der Waals surface area contributed by atoms with Crippen molar-refractivity contribution in [2.75, 3.05) is 19.5 Å². The Morgan fingerprint density at radius 3 is 2.63 bits per heavy atom. The lowest BCUT2D eigenvalue weighted by molar-refractivity contribution is 0.0600. The van der Waals surface area contributed by atoms with Crippen LogP contribution in [0, 0.1) is 6.92 Å². The maximum Gasteiger partial charge on any atom is 0.337 e. The molecular formula is C21H18N4O4S. The van der Waals surface area contributed by atoms with Crippen molar-refractivity contribution >= 4 is 39.2 Å². The van der Waals surface area contributed by atoms with E-state index in [1.165, 1.54) is 24.5 Å². The molecule has 2 heterocycles. The molecule has 0 bridgehead atoms. The largest absolute Gasteiger partial charge is 0.497 e. The number of amides is 1. The molecule has 0 unspecified atom stereocenters. The highest BCUT2D eigenvalue weighted by Crippen LogP contribution is 2.30. The van der Waals surface area contributed by atoms with Gasteiger partial charge in [0.1, 0.15) is 11.6 Å². The van der Waals surface area contributed by atoms with E-state index in [4.69, 9.17) is 9.47 Å². The Morgan fingerprint density at radius 2 is 1.87 bits per heavy atom. The van der Waals surface area contributed by atoms with Gasteiger partial charge in [-0.2, -0.15) is 9.78 Å². The summed E-state index contributed by atoms with van der Waals surface area (Å²) in [5.74, 6) is 0.348. The molecule has 0 fully saturated rings. The highest BCUT2D eigenvalue weighted by atomic mass is 32.1. The molecule has 152 valence electrons. The number of nitrogens with one attached hydrogen (secondary N) is 1. The highest BCUT2D eigenvalue weighted by Gasteiger charge is 2.17. The van der Waals surface area contributed by atoms with Gasteiger partial charge in [0.15, 0.2) is 0 Å². The van der Waals surface area contributed by atoms with E-state index >= 15 is 0 Å². The van der Waals surface area contributed by atoms with E-state index < -0.39 is 5.97 Å². The normalized spacial score (nSPS) is 10.8. The third kappa shape index (κ3) is 3.74. The molecule has 1 amide bonds. The fourth-order valence-corrected chi connectivity index (χ4v) is 3.90. The summed E-state index contributed by atoms with van der Waals surface area (Å²) in [6.07, 6.45) is 0. The zero-order valence-electron chi connectivity index (χ0n) is 16.5. The van der Waals surface area contributed by atoms with Gasteiger partial charge in [-0.1, -0.05) is 17.4 Å². The van der Waals surface area contributed by atoms with Crippen LogP contribution in [0.15, 0.2) is 48.5 Å². The fourth-order valence-electron chi connectivity index (χ4n) is 2.94. The summed E-state index contributed by atoms with van der Waals surface area (Å²) >= 11 is 1.44. The van der Waals surface area contributed by atoms with E-state index in [1.54, 1.807) is 36.1 Å². The number of methoxy groups -OCH3 is 2. The first-order chi connectivity index (χ1) is 14.5. The minimum atomic E-state index is -0.504. The molecular weight excluding hydrogens is 404 g/mol. The number of esters is 1. The Balaban J connectivity index is 1.66. The van der Waals surface area contributed by atoms with Crippen molar-refractivity contribution in [1.82, 2.24) is 14.8 Å². The lowest BCUT2D eigenvalue weighted by Gasteiger charge is -2.07. The van der Waals surface area contributed by atoms with Crippen LogP contribution in [0.25, 0.3) is 15.3 Å². The summed E-state index contributed by atoms with van der Waals surface area (Å²) in [5.41, 5.74) is 2.17. The van der Waals surface area contributed by atoms with Gasteiger partial charge < -0.3 is 14.8 Å². The van der Waals surface area contributed by atoms with E-state index in [1.807, 2.05) is 25.1 Å². The number of aryl methyl sites for hydroxylation is 1. The van der Waals surface area contributed by atoms with Gasteiger partial charge in [-0.3, -0.25) is 4.79 Å². The number of hydrogen-bond acceptors (Lipinski definition) is 7. The van der Waals surface area contributed by atoms with Gasteiger partial charge >= 0.3 is 5.97 Å². The Hall–Kier alpha value is -3.72. The molecule has 4 rings (SSSR count). The SMILES string of the molecule is COC(=O)c1cccc(C(=O)Nc2cc(C)nn2-c2nc3ccc(OC)cc3s2)c1. The smallest absolute Gasteiger partial charge is 0.337 e. The van der Waals surface area contributed by atoms with Gasteiger partial charge in [0.25, 0.3) is 5.91 Å². The summed E-state index contributed by atoms with van der Waals surface area (Å²) in [6.45, 7) is 1.83. The maximum atomic E-state index is 12.8. The first-order valence-electron chi connectivity index (χ1n) is 9.00. The maximum absolute atomic E-state index is 12.8. The number of anilines is 1. The average Bonchev–Trinajstić information content (AvgIpc) is 3.35. The number of nitrogens with zero attached hydrogens (tertiary/aromatic N) is 3. The van der Waals surface area contributed by atoms with Crippen LogP contribution in [0.4, 0.5) is 5.82 Å².